The third-order valence-corrected chi connectivity index (χ3v) is 6.08. The molecule has 1 heterocycles. The first-order chi connectivity index (χ1) is 8.75. The maximum absolute atomic E-state index is 12.6. The van der Waals surface area contributed by atoms with Crippen LogP contribution < -0.4 is 5.73 Å². The van der Waals surface area contributed by atoms with Crippen molar-refractivity contribution in [1.82, 2.24) is 4.31 Å². The molecule has 1 fully saturated rings. The van der Waals surface area contributed by atoms with Gasteiger partial charge in [0.15, 0.2) is 0 Å². The second-order valence-electron chi connectivity index (χ2n) is 5.65. The van der Waals surface area contributed by atoms with Crippen LogP contribution in [0.2, 0.25) is 5.02 Å². The minimum absolute atomic E-state index is 0. The lowest BCUT2D eigenvalue weighted by Crippen LogP contribution is -2.53. The number of nitrogens with zero attached hydrogens (tertiary/aromatic N) is 1. The number of rotatable bonds is 2. The Labute approximate surface area is 131 Å². The molecule has 1 aliphatic heterocycles. The average Bonchev–Trinajstić information content (AvgIpc) is 2.32. The summed E-state index contributed by atoms with van der Waals surface area (Å²) < 4.78 is 26.7. The van der Waals surface area contributed by atoms with Gasteiger partial charge in [-0.05, 0) is 24.0 Å². The number of benzene rings is 1. The number of sulfonamides is 1. The fourth-order valence-electron chi connectivity index (χ4n) is 2.32. The van der Waals surface area contributed by atoms with Crippen molar-refractivity contribution in [1.29, 1.82) is 0 Å². The summed E-state index contributed by atoms with van der Waals surface area (Å²) in [5.41, 5.74) is 5.81. The summed E-state index contributed by atoms with van der Waals surface area (Å²) in [5.74, 6) is 0. The molecule has 4 nitrogen and oxygen atoms in total. The number of piperidine rings is 1. The summed E-state index contributed by atoms with van der Waals surface area (Å²) >= 11 is 6.00. The maximum atomic E-state index is 12.6. The summed E-state index contributed by atoms with van der Waals surface area (Å²) in [4.78, 5) is 0.169. The van der Waals surface area contributed by atoms with Gasteiger partial charge in [0.05, 0.1) is 5.02 Å². The third-order valence-electron chi connectivity index (χ3n) is 3.73. The predicted octanol–water partition coefficient (Wildman–Crippen LogP) is 2.51. The highest BCUT2D eigenvalue weighted by molar-refractivity contribution is 7.89. The fourth-order valence-corrected chi connectivity index (χ4v) is 4.44. The Balaban J connectivity index is 0.00000200. The first kappa shape index (κ1) is 17.7. The molecule has 0 amide bonds. The first-order valence-corrected chi connectivity index (χ1v) is 8.07. The van der Waals surface area contributed by atoms with E-state index in [4.69, 9.17) is 17.3 Å². The second kappa shape index (κ2) is 6.20. The van der Waals surface area contributed by atoms with Gasteiger partial charge in [-0.25, -0.2) is 8.42 Å². The molecular formula is C13H20Cl2N2O2S. The van der Waals surface area contributed by atoms with Gasteiger partial charge in [0.1, 0.15) is 4.90 Å². The van der Waals surface area contributed by atoms with Crippen LogP contribution in [0.1, 0.15) is 20.3 Å². The van der Waals surface area contributed by atoms with Gasteiger partial charge in [-0.2, -0.15) is 4.31 Å². The summed E-state index contributed by atoms with van der Waals surface area (Å²) in [5, 5.41) is 0.259. The number of nitrogens with two attached hydrogens (primary N) is 1. The lowest BCUT2D eigenvalue weighted by Gasteiger charge is -2.41. The summed E-state index contributed by atoms with van der Waals surface area (Å²) in [6.07, 6.45) is 0.663. The molecule has 2 N–H and O–H groups in total. The van der Waals surface area contributed by atoms with E-state index in [1.54, 1.807) is 24.3 Å². The molecule has 1 atom stereocenters. The van der Waals surface area contributed by atoms with E-state index in [-0.39, 0.29) is 33.8 Å². The zero-order valence-corrected chi connectivity index (χ0v) is 13.9. The van der Waals surface area contributed by atoms with Crippen molar-refractivity contribution in [2.75, 3.05) is 13.1 Å². The van der Waals surface area contributed by atoms with E-state index in [1.807, 2.05) is 13.8 Å². The third kappa shape index (κ3) is 3.28. The average molecular weight is 339 g/mol. The van der Waals surface area contributed by atoms with Crippen LogP contribution in [-0.2, 0) is 10.0 Å². The Morgan fingerprint density at radius 1 is 1.35 bits per heavy atom. The van der Waals surface area contributed by atoms with Crippen molar-refractivity contribution >= 4 is 34.0 Å². The minimum atomic E-state index is -3.54. The van der Waals surface area contributed by atoms with Gasteiger partial charge in [-0.1, -0.05) is 37.6 Å². The molecule has 0 aliphatic carbocycles. The van der Waals surface area contributed by atoms with E-state index in [0.29, 0.717) is 19.5 Å². The molecule has 0 radical (unpaired) electrons. The van der Waals surface area contributed by atoms with E-state index >= 15 is 0 Å². The van der Waals surface area contributed by atoms with Crippen molar-refractivity contribution in [2.24, 2.45) is 11.1 Å². The number of hydrogen-bond donors (Lipinski definition) is 1. The molecule has 0 saturated carbocycles. The molecule has 0 aromatic heterocycles. The van der Waals surface area contributed by atoms with Crippen LogP contribution in [0.15, 0.2) is 29.2 Å². The molecule has 0 spiro atoms. The van der Waals surface area contributed by atoms with Crippen molar-refractivity contribution in [3.63, 3.8) is 0 Å². The highest BCUT2D eigenvalue weighted by atomic mass is 35.5. The topological polar surface area (TPSA) is 63.4 Å². The summed E-state index contributed by atoms with van der Waals surface area (Å²) in [6.45, 7) is 4.85. The zero-order chi connectivity index (χ0) is 14.3. The van der Waals surface area contributed by atoms with Crippen molar-refractivity contribution in [2.45, 2.75) is 31.2 Å². The van der Waals surface area contributed by atoms with Gasteiger partial charge >= 0.3 is 0 Å². The molecule has 7 heteroatoms. The van der Waals surface area contributed by atoms with E-state index in [1.165, 1.54) is 4.31 Å². The molecule has 0 bridgehead atoms. The lowest BCUT2D eigenvalue weighted by atomic mass is 9.81. The molecule has 2 rings (SSSR count). The number of hydrogen-bond acceptors (Lipinski definition) is 3. The van der Waals surface area contributed by atoms with Gasteiger partial charge in [-0.3, -0.25) is 0 Å². The highest BCUT2D eigenvalue weighted by Gasteiger charge is 2.39. The van der Waals surface area contributed by atoms with Crippen LogP contribution in [0.4, 0.5) is 0 Å². The predicted molar refractivity (Wildman–Crippen MR) is 83.8 cm³/mol. The van der Waals surface area contributed by atoms with Crippen molar-refractivity contribution in [3.05, 3.63) is 29.3 Å². The molecule has 1 aromatic carbocycles. The van der Waals surface area contributed by atoms with Crippen molar-refractivity contribution in [3.8, 4) is 0 Å². The Hall–Kier alpha value is -0.330. The molecule has 1 aromatic rings. The molecule has 1 saturated heterocycles. The summed E-state index contributed by atoms with van der Waals surface area (Å²) in [6, 6.07) is 6.55. The molecule has 20 heavy (non-hydrogen) atoms. The van der Waals surface area contributed by atoms with Gasteiger partial charge in [-0.15, -0.1) is 12.4 Å². The second-order valence-corrected chi connectivity index (χ2v) is 7.97. The Morgan fingerprint density at radius 3 is 2.50 bits per heavy atom. The van der Waals surface area contributed by atoms with E-state index in [9.17, 15) is 8.42 Å². The molecule has 1 aliphatic rings. The monoisotopic (exact) mass is 338 g/mol. The summed E-state index contributed by atoms with van der Waals surface area (Å²) in [7, 11) is -3.54. The Morgan fingerprint density at radius 2 is 1.95 bits per heavy atom. The van der Waals surface area contributed by atoms with Crippen LogP contribution in [0.25, 0.3) is 0 Å². The van der Waals surface area contributed by atoms with Gasteiger partial charge in [0, 0.05) is 19.1 Å². The maximum Gasteiger partial charge on any atom is 0.244 e. The normalized spacial score (nSPS) is 23.1. The zero-order valence-electron chi connectivity index (χ0n) is 11.5. The Bertz CT molecular complexity index is 575. The number of halogens is 2. The van der Waals surface area contributed by atoms with Gasteiger partial charge in [0.2, 0.25) is 10.0 Å². The minimum Gasteiger partial charge on any atom is -0.327 e. The van der Waals surface area contributed by atoms with Crippen LogP contribution >= 0.6 is 24.0 Å². The smallest absolute Gasteiger partial charge is 0.244 e. The van der Waals surface area contributed by atoms with E-state index in [0.717, 1.165) is 0 Å². The molecular weight excluding hydrogens is 319 g/mol. The van der Waals surface area contributed by atoms with Crippen LogP contribution in [0.3, 0.4) is 0 Å². The van der Waals surface area contributed by atoms with Crippen LogP contribution in [0, 0.1) is 5.41 Å². The first-order valence-electron chi connectivity index (χ1n) is 6.25. The van der Waals surface area contributed by atoms with Crippen LogP contribution in [-0.4, -0.2) is 31.9 Å². The highest BCUT2D eigenvalue weighted by Crippen LogP contribution is 2.32. The SMILES string of the molecule is CC1(C)CN(S(=O)(=O)c2ccccc2Cl)CCC1N.Cl. The van der Waals surface area contributed by atoms with Crippen molar-refractivity contribution < 1.29 is 8.42 Å². The van der Waals surface area contributed by atoms with Gasteiger partial charge < -0.3 is 5.73 Å². The van der Waals surface area contributed by atoms with Gasteiger partial charge in [0.25, 0.3) is 0 Å². The standard InChI is InChI=1S/C13H19ClN2O2S.ClH/c1-13(2)9-16(8-7-12(13)15)19(17,18)11-6-4-3-5-10(11)14;/h3-6,12H,7-9,15H2,1-2H3;1H. The fraction of sp³-hybridized carbons (Fsp3) is 0.538. The van der Waals surface area contributed by atoms with E-state index < -0.39 is 10.0 Å². The molecule has 114 valence electrons. The van der Waals surface area contributed by atoms with E-state index in [2.05, 4.69) is 0 Å². The Kier molecular flexibility index (Phi) is 5.49. The quantitative estimate of drug-likeness (QED) is 0.900. The lowest BCUT2D eigenvalue weighted by molar-refractivity contribution is 0.155. The molecule has 1 unspecified atom stereocenters. The van der Waals surface area contributed by atoms with Crippen LogP contribution in [0.5, 0.6) is 0 Å². The largest absolute Gasteiger partial charge is 0.327 e.